The highest BCUT2D eigenvalue weighted by atomic mass is 16.4. The average molecular weight is 290 g/mol. The Kier molecular flexibility index (Phi) is 4.55. The van der Waals surface area contributed by atoms with Gasteiger partial charge >= 0.3 is 5.97 Å². The average Bonchev–Trinajstić information content (AvgIpc) is 2.88. The number of rotatable bonds is 4. The summed E-state index contributed by atoms with van der Waals surface area (Å²) in [6.07, 6.45) is 2.94. The Hall–Kier alpha value is -1.58. The molecule has 0 bridgehead atoms. The second-order valence-electron chi connectivity index (χ2n) is 7.06. The first-order valence-corrected chi connectivity index (χ1v) is 7.80. The molecule has 2 heterocycles. The lowest BCUT2D eigenvalue weighted by atomic mass is 9.80. The van der Waals surface area contributed by atoms with Crippen molar-refractivity contribution in [1.82, 2.24) is 4.98 Å². The number of pyridine rings is 1. The molecule has 1 aromatic rings. The Balaban J connectivity index is 2.25. The van der Waals surface area contributed by atoms with E-state index in [0.717, 1.165) is 43.9 Å². The molecule has 4 heteroatoms. The topological polar surface area (TPSA) is 53.4 Å². The zero-order valence-electron chi connectivity index (χ0n) is 13.5. The van der Waals surface area contributed by atoms with E-state index in [1.54, 1.807) is 12.1 Å². The quantitative estimate of drug-likeness (QED) is 0.920. The predicted molar refractivity (Wildman–Crippen MR) is 85.0 cm³/mol. The van der Waals surface area contributed by atoms with Crippen molar-refractivity contribution in [2.45, 2.75) is 47.0 Å². The summed E-state index contributed by atoms with van der Waals surface area (Å²) < 4.78 is 0. The van der Waals surface area contributed by atoms with Gasteiger partial charge < -0.3 is 10.0 Å². The summed E-state index contributed by atoms with van der Waals surface area (Å²) in [7, 11) is 0. The van der Waals surface area contributed by atoms with Crippen molar-refractivity contribution < 1.29 is 9.90 Å². The van der Waals surface area contributed by atoms with Crippen LogP contribution in [0.3, 0.4) is 0 Å². The Bertz CT molecular complexity index is 520. The van der Waals surface area contributed by atoms with Crippen LogP contribution in [0.1, 0.15) is 56.6 Å². The molecule has 1 aliphatic heterocycles. The summed E-state index contributed by atoms with van der Waals surface area (Å²) in [5, 5.41) is 9.28. The Morgan fingerprint density at radius 3 is 2.67 bits per heavy atom. The number of carbonyl (C=O) groups is 1. The minimum Gasteiger partial charge on any atom is -0.478 e. The van der Waals surface area contributed by atoms with Crippen LogP contribution in [-0.2, 0) is 6.42 Å². The number of carboxylic acid groups (broad SMARTS) is 1. The fraction of sp³-hybridized carbons (Fsp3) is 0.647. The van der Waals surface area contributed by atoms with E-state index in [0.29, 0.717) is 11.5 Å². The van der Waals surface area contributed by atoms with E-state index < -0.39 is 5.97 Å². The van der Waals surface area contributed by atoms with Gasteiger partial charge in [-0.1, -0.05) is 34.1 Å². The van der Waals surface area contributed by atoms with Crippen LogP contribution >= 0.6 is 0 Å². The molecule has 116 valence electrons. The molecule has 0 spiro atoms. The third-order valence-electron chi connectivity index (χ3n) is 4.35. The van der Waals surface area contributed by atoms with E-state index in [-0.39, 0.29) is 5.41 Å². The van der Waals surface area contributed by atoms with E-state index in [1.807, 2.05) is 0 Å². The van der Waals surface area contributed by atoms with Crippen molar-refractivity contribution in [3.8, 4) is 0 Å². The first-order valence-electron chi connectivity index (χ1n) is 7.80. The van der Waals surface area contributed by atoms with Gasteiger partial charge in [-0.3, -0.25) is 0 Å². The molecular formula is C17H26N2O2. The number of hydrogen-bond donors (Lipinski definition) is 1. The smallest absolute Gasteiger partial charge is 0.335 e. The lowest BCUT2D eigenvalue weighted by Crippen LogP contribution is -2.26. The zero-order chi connectivity index (χ0) is 15.6. The molecule has 0 aromatic carbocycles. The number of anilines is 1. The van der Waals surface area contributed by atoms with E-state index in [2.05, 4.69) is 37.6 Å². The van der Waals surface area contributed by atoms with Crippen molar-refractivity contribution in [2.75, 3.05) is 18.0 Å². The molecule has 2 rings (SSSR count). The molecule has 1 N–H and O–H groups in total. The molecular weight excluding hydrogens is 264 g/mol. The first kappa shape index (κ1) is 15.8. The summed E-state index contributed by atoms with van der Waals surface area (Å²) in [6.45, 7) is 10.8. The van der Waals surface area contributed by atoms with E-state index in [1.165, 1.54) is 0 Å². The number of aromatic nitrogens is 1. The van der Waals surface area contributed by atoms with Gasteiger partial charge in [0.15, 0.2) is 0 Å². The highest BCUT2D eigenvalue weighted by Gasteiger charge is 2.32. The summed E-state index contributed by atoms with van der Waals surface area (Å²) in [5.74, 6) is 0.579. The van der Waals surface area contributed by atoms with Crippen molar-refractivity contribution in [3.05, 3.63) is 23.4 Å². The van der Waals surface area contributed by atoms with Gasteiger partial charge in [0, 0.05) is 18.8 Å². The first-order chi connectivity index (χ1) is 9.81. The summed E-state index contributed by atoms with van der Waals surface area (Å²) in [5.41, 5.74) is 1.51. The fourth-order valence-corrected chi connectivity index (χ4v) is 2.92. The van der Waals surface area contributed by atoms with Crippen LogP contribution in [0.15, 0.2) is 12.1 Å². The lowest BCUT2D eigenvalue weighted by Gasteiger charge is -2.27. The van der Waals surface area contributed by atoms with Gasteiger partial charge in [-0.15, -0.1) is 0 Å². The van der Waals surface area contributed by atoms with Crippen LogP contribution in [0.4, 0.5) is 5.82 Å². The minimum absolute atomic E-state index is 0.283. The van der Waals surface area contributed by atoms with Crippen LogP contribution in [-0.4, -0.2) is 29.1 Å². The zero-order valence-corrected chi connectivity index (χ0v) is 13.5. The van der Waals surface area contributed by atoms with Gasteiger partial charge in [0.25, 0.3) is 0 Å². The third kappa shape index (κ3) is 3.74. The van der Waals surface area contributed by atoms with Crippen molar-refractivity contribution in [1.29, 1.82) is 0 Å². The predicted octanol–water partition coefficient (Wildman–Crippen LogP) is 3.60. The second-order valence-corrected chi connectivity index (χ2v) is 7.06. The van der Waals surface area contributed by atoms with Crippen LogP contribution in [0.5, 0.6) is 0 Å². The van der Waals surface area contributed by atoms with E-state index >= 15 is 0 Å². The molecule has 1 aliphatic rings. The molecule has 0 aliphatic carbocycles. The Morgan fingerprint density at radius 1 is 1.43 bits per heavy atom. The molecule has 0 radical (unpaired) electrons. The van der Waals surface area contributed by atoms with Gasteiger partial charge in [-0.2, -0.15) is 0 Å². The normalized spacial score (nSPS) is 19.0. The number of aryl methyl sites for hydroxylation is 1. The molecule has 1 unspecified atom stereocenters. The van der Waals surface area contributed by atoms with Crippen molar-refractivity contribution in [2.24, 2.45) is 11.3 Å². The monoisotopic (exact) mass is 290 g/mol. The molecule has 1 saturated heterocycles. The van der Waals surface area contributed by atoms with Gasteiger partial charge in [0.2, 0.25) is 0 Å². The van der Waals surface area contributed by atoms with Crippen molar-refractivity contribution >= 4 is 11.8 Å². The lowest BCUT2D eigenvalue weighted by molar-refractivity contribution is 0.0696. The standard InChI is InChI=1S/C17H26N2O2/c1-5-6-14-9-12(16(20)21)10-15(18-14)19-8-7-13(11-19)17(2,3)4/h9-10,13H,5-8,11H2,1-4H3,(H,20,21). The van der Waals surface area contributed by atoms with Crippen LogP contribution in [0.2, 0.25) is 0 Å². The largest absolute Gasteiger partial charge is 0.478 e. The highest BCUT2D eigenvalue weighted by Crippen LogP contribution is 2.35. The molecule has 1 fully saturated rings. The van der Waals surface area contributed by atoms with Gasteiger partial charge in [0.1, 0.15) is 5.82 Å². The van der Waals surface area contributed by atoms with Crippen LogP contribution < -0.4 is 4.90 Å². The maximum atomic E-state index is 11.3. The molecule has 21 heavy (non-hydrogen) atoms. The maximum absolute atomic E-state index is 11.3. The second kappa shape index (κ2) is 6.04. The van der Waals surface area contributed by atoms with Gasteiger partial charge in [-0.05, 0) is 36.3 Å². The van der Waals surface area contributed by atoms with Gasteiger partial charge in [-0.25, -0.2) is 9.78 Å². The SMILES string of the molecule is CCCc1cc(C(=O)O)cc(N2CCC(C(C)(C)C)C2)n1. The highest BCUT2D eigenvalue weighted by molar-refractivity contribution is 5.88. The number of hydrogen-bond acceptors (Lipinski definition) is 3. The van der Waals surface area contributed by atoms with Gasteiger partial charge in [0.05, 0.1) is 5.56 Å². The molecule has 4 nitrogen and oxygen atoms in total. The summed E-state index contributed by atoms with van der Waals surface area (Å²) in [4.78, 5) is 18.2. The molecule has 0 saturated carbocycles. The van der Waals surface area contributed by atoms with Crippen LogP contribution in [0, 0.1) is 11.3 Å². The summed E-state index contributed by atoms with van der Waals surface area (Å²) >= 11 is 0. The van der Waals surface area contributed by atoms with Crippen LogP contribution in [0.25, 0.3) is 0 Å². The fourth-order valence-electron chi connectivity index (χ4n) is 2.92. The molecule has 0 amide bonds. The Morgan fingerprint density at radius 2 is 2.14 bits per heavy atom. The van der Waals surface area contributed by atoms with E-state index in [4.69, 9.17) is 0 Å². The number of nitrogens with zero attached hydrogens (tertiary/aromatic N) is 2. The summed E-state index contributed by atoms with van der Waals surface area (Å²) in [6, 6.07) is 3.42. The molecule has 1 aromatic heterocycles. The number of aromatic carboxylic acids is 1. The molecule has 1 atom stereocenters. The van der Waals surface area contributed by atoms with Crippen molar-refractivity contribution in [3.63, 3.8) is 0 Å². The Labute approximate surface area is 127 Å². The number of carboxylic acids is 1. The van der Waals surface area contributed by atoms with E-state index in [9.17, 15) is 9.90 Å². The third-order valence-corrected chi connectivity index (χ3v) is 4.35. The maximum Gasteiger partial charge on any atom is 0.335 e. The minimum atomic E-state index is -0.873.